The van der Waals surface area contributed by atoms with Crippen LogP contribution in [0, 0.1) is 5.92 Å². The van der Waals surface area contributed by atoms with Crippen molar-refractivity contribution >= 4 is 22.7 Å². The molecule has 0 radical (unpaired) electrons. The van der Waals surface area contributed by atoms with Gasteiger partial charge in [-0.25, -0.2) is 0 Å². The predicted molar refractivity (Wildman–Crippen MR) is 98.7 cm³/mol. The number of thioether (sulfide) groups is 1. The number of pyridine rings is 1. The topological polar surface area (TPSA) is 12.9 Å². The lowest BCUT2D eigenvalue weighted by Gasteiger charge is -2.18. The van der Waals surface area contributed by atoms with E-state index < -0.39 is 0 Å². The molecule has 0 spiro atoms. The maximum absolute atomic E-state index is 4.61. The number of rotatable bonds is 6. The highest BCUT2D eigenvalue weighted by molar-refractivity contribution is 7.99. The highest BCUT2D eigenvalue weighted by Crippen LogP contribution is 2.44. The van der Waals surface area contributed by atoms with Crippen LogP contribution in [0.15, 0.2) is 71.8 Å². The van der Waals surface area contributed by atoms with Gasteiger partial charge in [0.15, 0.2) is 0 Å². The molecule has 0 bridgehead atoms. The Morgan fingerprint density at radius 2 is 1.78 bits per heavy atom. The summed E-state index contributed by atoms with van der Waals surface area (Å²) in [5, 5.41) is 1.75. The monoisotopic (exact) mass is 319 g/mol. The third-order valence-electron chi connectivity index (χ3n) is 4.57. The summed E-state index contributed by atoms with van der Waals surface area (Å²) in [6.45, 7) is 0. The van der Waals surface area contributed by atoms with E-state index in [1.807, 2.05) is 24.0 Å². The summed E-state index contributed by atoms with van der Waals surface area (Å²) in [5.41, 5.74) is 2.57. The van der Waals surface area contributed by atoms with E-state index in [4.69, 9.17) is 0 Å². The molecule has 116 valence electrons. The van der Waals surface area contributed by atoms with E-state index in [0.717, 1.165) is 11.4 Å². The SMILES string of the molecule is c1ccc([C@@H](CCC2CC2)Sc2cccc3cccnc23)cc1. The van der Waals surface area contributed by atoms with Gasteiger partial charge in [-0.15, -0.1) is 11.8 Å². The van der Waals surface area contributed by atoms with Crippen molar-refractivity contribution in [2.45, 2.75) is 35.8 Å². The number of hydrogen-bond donors (Lipinski definition) is 0. The maximum Gasteiger partial charge on any atom is 0.0837 e. The van der Waals surface area contributed by atoms with Gasteiger partial charge in [-0.1, -0.05) is 61.4 Å². The van der Waals surface area contributed by atoms with E-state index >= 15 is 0 Å². The van der Waals surface area contributed by atoms with Gasteiger partial charge in [-0.05, 0) is 36.5 Å². The average molecular weight is 319 g/mol. The van der Waals surface area contributed by atoms with Crippen molar-refractivity contribution in [3.63, 3.8) is 0 Å². The Balaban J connectivity index is 1.63. The molecule has 1 aromatic heterocycles. The van der Waals surface area contributed by atoms with Crippen LogP contribution < -0.4 is 0 Å². The van der Waals surface area contributed by atoms with Crippen LogP contribution >= 0.6 is 11.8 Å². The van der Waals surface area contributed by atoms with Gasteiger partial charge in [0.25, 0.3) is 0 Å². The fourth-order valence-corrected chi connectivity index (χ4v) is 4.37. The first-order valence-electron chi connectivity index (χ1n) is 8.45. The summed E-state index contributed by atoms with van der Waals surface area (Å²) < 4.78 is 0. The van der Waals surface area contributed by atoms with Gasteiger partial charge in [0.2, 0.25) is 0 Å². The van der Waals surface area contributed by atoms with Gasteiger partial charge in [-0.2, -0.15) is 0 Å². The molecule has 3 aromatic rings. The largest absolute Gasteiger partial charge is 0.255 e. The standard InChI is InChI=1S/C21H21NS/c1-2-6-17(7-3-1)19(14-13-16-11-12-16)23-20-10-4-8-18-9-5-15-22-21(18)20/h1-10,15-16,19H,11-14H2/t19-/m1/s1. The summed E-state index contributed by atoms with van der Waals surface area (Å²) in [5.74, 6) is 0.979. The van der Waals surface area contributed by atoms with Crippen LogP contribution in [0.25, 0.3) is 10.9 Å². The molecule has 1 atom stereocenters. The molecule has 0 saturated heterocycles. The molecular weight excluding hydrogens is 298 g/mol. The molecule has 2 aromatic carbocycles. The molecule has 0 amide bonds. The van der Waals surface area contributed by atoms with E-state index in [0.29, 0.717) is 5.25 Å². The fourth-order valence-electron chi connectivity index (χ4n) is 3.08. The van der Waals surface area contributed by atoms with Crippen LogP contribution in [0.1, 0.15) is 36.5 Å². The third kappa shape index (κ3) is 3.59. The van der Waals surface area contributed by atoms with Gasteiger partial charge in [0.1, 0.15) is 0 Å². The molecule has 2 heteroatoms. The predicted octanol–water partition coefficient (Wildman–Crippen LogP) is 6.26. The Labute approximate surface area is 142 Å². The highest BCUT2D eigenvalue weighted by Gasteiger charge is 2.24. The molecule has 23 heavy (non-hydrogen) atoms. The van der Waals surface area contributed by atoms with E-state index in [2.05, 4.69) is 59.6 Å². The fraction of sp³-hybridized carbons (Fsp3) is 0.286. The lowest BCUT2D eigenvalue weighted by atomic mass is 10.1. The van der Waals surface area contributed by atoms with Crippen LogP contribution in [0.4, 0.5) is 0 Å². The Morgan fingerprint density at radius 3 is 2.61 bits per heavy atom. The molecule has 1 saturated carbocycles. The lowest BCUT2D eigenvalue weighted by molar-refractivity contribution is 0.658. The molecule has 1 aliphatic rings. The number of nitrogens with zero attached hydrogens (tertiary/aromatic N) is 1. The zero-order valence-electron chi connectivity index (χ0n) is 13.2. The second kappa shape index (κ2) is 6.76. The van der Waals surface area contributed by atoms with Crippen molar-refractivity contribution in [3.8, 4) is 0 Å². The summed E-state index contributed by atoms with van der Waals surface area (Å²) in [6, 6.07) is 21.6. The Kier molecular flexibility index (Phi) is 4.34. The quantitative estimate of drug-likeness (QED) is 0.497. The molecule has 1 fully saturated rings. The Hall–Kier alpha value is -1.80. The number of aromatic nitrogens is 1. The highest BCUT2D eigenvalue weighted by atomic mass is 32.2. The van der Waals surface area contributed by atoms with E-state index in [1.54, 1.807) is 0 Å². The molecule has 0 N–H and O–H groups in total. The summed E-state index contributed by atoms with van der Waals surface area (Å²) >= 11 is 1.98. The van der Waals surface area contributed by atoms with E-state index in [9.17, 15) is 0 Å². The number of hydrogen-bond acceptors (Lipinski definition) is 2. The van der Waals surface area contributed by atoms with Crippen LogP contribution in [0.3, 0.4) is 0 Å². The number of para-hydroxylation sites is 1. The third-order valence-corrected chi connectivity index (χ3v) is 5.95. The molecule has 1 heterocycles. The van der Waals surface area contributed by atoms with Crippen LogP contribution in [0.2, 0.25) is 0 Å². The second-order valence-electron chi connectivity index (χ2n) is 6.37. The minimum absolute atomic E-state index is 0.518. The smallest absolute Gasteiger partial charge is 0.0837 e. The molecule has 1 nitrogen and oxygen atoms in total. The van der Waals surface area contributed by atoms with Gasteiger partial charge in [0, 0.05) is 21.7 Å². The first kappa shape index (κ1) is 14.8. The van der Waals surface area contributed by atoms with E-state index in [1.165, 1.54) is 41.5 Å². The zero-order valence-corrected chi connectivity index (χ0v) is 14.0. The van der Waals surface area contributed by atoms with Gasteiger partial charge >= 0.3 is 0 Å². The molecule has 0 aliphatic heterocycles. The Bertz CT molecular complexity index is 775. The molecule has 0 unspecified atom stereocenters. The first-order valence-corrected chi connectivity index (χ1v) is 9.33. The van der Waals surface area contributed by atoms with E-state index in [-0.39, 0.29) is 0 Å². The maximum atomic E-state index is 4.61. The summed E-state index contributed by atoms with van der Waals surface area (Å²) in [7, 11) is 0. The van der Waals surface area contributed by atoms with Crippen molar-refractivity contribution in [2.75, 3.05) is 0 Å². The minimum atomic E-state index is 0.518. The summed E-state index contributed by atoms with van der Waals surface area (Å²) in [6.07, 6.45) is 7.37. The average Bonchev–Trinajstić information content (AvgIpc) is 3.44. The van der Waals surface area contributed by atoms with Crippen molar-refractivity contribution in [1.82, 2.24) is 4.98 Å². The van der Waals surface area contributed by atoms with Gasteiger partial charge in [0.05, 0.1) is 5.52 Å². The van der Waals surface area contributed by atoms with Crippen molar-refractivity contribution in [1.29, 1.82) is 0 Å². The van der Waals surface area contributed by atoms with Crippen molar-refractivity contribution < 1.29 is 0 Å². The van der Waals surface area contributed by atoms with Crippen molar-refractivity contribution in [3.05, 3.63) is 72.4 Å². The van der Waals surface area contributed by atoms with Gasteiger partial charge in [-0.3, -0.25) is 4.98 Å². The lowest BCUT2D eigenvalue weighted by Crippen LogP contribution is -1.96. The normalized spacial score (nSPS) is 15.7. The second-order valence-corrected chi connectivity index (χ2v) is 7.61. The van der Waals surface area contributed by atoms with Crippen LogP contribution in [-0.4, -0.2) is 4.98 Å². The minimum Gasteiger partial charge on any atom is -0.255 e. The first-order chi connectivity index (χ1) is 11.4. The van der Waals surface area contributed by atoms with Gasteiger partial charge < -0.3 is 0 Å². The molecule has 1 aliphatic carbocycles. The summed E-state index contributed by atoms with van der Waals surface area (Å²) in [4.78, 5) is 5.91. The van der Waals surface area contributed by atoms with Crippen LogP contribution in [0.5, 0.6) is 0 Å². The van der Waals surface area contributed by atoms with Crippen molar-refractivity contribution in [2.24, 2.45) is 5.92 Å². The molecular formula is C21H21NS. The Morgan fingerprint density at radius 1 is 0.957 bits per heavy atom. The molecule has 4 rings (SSSR count). The number of fused-ring (bicyclic) bond motifs is 1. The number of benzene rings is 2. The zero-order chi connectivity index (χ0) is 15.5. The van der Waals surface area contributed by atoms with Crippen LogP contribution in [-0.2, 0) is 0 Å².